The van der Waals surface area contributed by atoms with Crippen molar-refractivity contribution in [3.8, 4) is 17.8 Å². The number of nitrogen functional groups attached to an aromatic ring is 1. The van der Waals surface area contributed by atoms with E-state index in [1.54, 1.807) is 0 Å². The fourth-order valence-corrected chi connectivity index (χ4v) is 9.34. The van der Waals surface area contributed by atoms with Crippen molar-refractivity contribution in [1.82, 2.24) is 14.9 Å². The summed E-state index contributed by atoms with van der Waals surface area (Å²) in [4.78, 5) is 12.6. The third kappa shape index (κ3) is 4.76. The number of anilines is 2. The van der Waals surface area contributed by atoms with Gasteiger partial charge in [0.1, 0.15) is 41.4 Å². The second kappa shape index (κ2) is 11.2. The molecule has 5 heterocycles. The number of halogens is 5. The molecule has 252 valence electrons. The number of nitrogens with zero attached hydrogens (tertiary/aromatic N) is 5. The van der Waals surface area contributed by atoms with Gasteiger partial charge in [-0.1, -0.05) is 23.8 Å². The molecule has 1 aromatic carbocycles. The Bertz CT molecular complexity index is 2080. The van der Waals surface area contributed by atoms with Crippen molar-refractivity contribution in [2.75, 3.05) is 43.5 Å². The molecule has 5 aliphatic rings. The molecule has 1 saturated carbocycles. The molecule has 2 saturated heterocycles. The summed E-state index contributed by atoms with van der Waals surface area (Å²) in [6.07, 6.45) is 0.312. The van der Waals surface area contributed by atoms with Crippen molar-refractivity contribution < 1.29 is 32.1 Å². The number of alkyl halides is 2. The number of aliphatic hydroxyl groups is 1. The molecule has 0 radical (unpaired) electrons. The van der Waals surface area contributed by atoms with Crippen LogP contribution < -0.4 is 29.9 Å². The van der Waals surface area contributed by atoms with Gasteiger partial charge < -0.3 is 25.2 Å². The first-order chi connectivity index (χ1) is 22.9. The summed E-state index contributed by atoms with van der Waals surface area (Å²) in [7, 11) is 0. The predicted octanol–water partition coefficient (Wildman–Crippen LogP) is 4.54. The zero-order chi connectivity index (χ0) is 33.7. The summed E-state index contributed by atoms with van der Waals surface area (Å²) in [5.74, 6) is -1.56. The monoisotopic (exact) mass is 702 g/mol. The molecule has 2 aromatic heterocycles. The standard InChI is InChI=1S/C33H31ClF4N6O3S/c1-15-9-32(5-2-8-43(32)11-15)14-47-31-41-26-23-27(46-13-19(33(45)6-7-33)44(12-20(36)37)30(23)42-31)24(34)22(25(26)38)16-3-4-18(35)28-21(16)17(10-39)29(40)48-28/h19-20,45H,1-9,11-14,40H2/t19?,32-/m0/s1. The number of rotatable bonds is 7. The highest BCUT2D eigenvalue weighted by Crippen LogP contribution is 2.51. The number of thiophene rings is 1. The third-order valence-electron chi connectivity index (χ3n) is 10.4. The Labute approximate surface area is 281 Å². The zero-order valence-electron chi connectivity index (χ0n) is 25.7. The number of benzene rings is 1. The van der Waals surface area contributed by atoms with E-state index in [9.17, 15) is 19.1 Å². The molecule has 1 unspecified atom stereocenters. The Morgan fingerprint density at radius 3 is 2.77 bits per heavy atom. The van der Waals surface area contributed by atoms with Crippen LogP contribution in [0.2, 0.25) is 5.02 Å². The quantitative estimate of drug-likeness (QED) is 0.270. The number of ether oxygens (including phenoxy) is 2. The highest BCUT2D eigenvalue weighted by molar-refractivity contribution is 7.14. The summed E-state index contributed by atoms with van der Waals surface area (Å²) in [5.41, 5.74) is 5.29. The molecule has 3 aromatic rings. The van der Waals surface area contributed by atoms with E-state index in [-0.39, 0.29) is 96.5 Å². The van der Waals surface area contributed by atoms with E-state index in [1.807, 2.05) is 6.07 Å². The van der Waals surface area contributed by atoms with Gasteiger partial charge in [0.2, 0.25) is 0 Å². The van der Waals surface area contributed by atoms with E-state index in [0.29, 0.717) is 19.3 Å². The van der Waals surface area contributed by atoms with Gasteiger partial charge in [-0.3, -0.25) is 4.90 Å². The molecule has 9 nitrogen and oxygen atoms in total. The summed E-state index contributed by atoms with van der Waals surface area (Å²) >= 11 is 7.87. The highest BCUT2D eigenvalue weighted by Gasteiger charge is 2.53. The molecule has 2 atom stereocenters. The van der Waals surface area contributed by atoms with Gasteiger partial charge in [0.25, 0.3) is 6.43 Å². The Hall–Kier alpha value is -3.64. The second-order valence-corrected chi connectivity index (χ2v) is 14.8. The van der Waals surface area contributed by atoms with Crippen molar-refractivity contribution >= 4 is 56.1 Å². The maximum absolute atomic E-state index is 17.2. The van der Waals surface area contributed by atoms with E-state index in [2.05, 4.69) is 21.4 Å². The maximum atomic E-state index is 17.2. The van der Waals surface area contributed by atoms with Crippen LogP contribution in [0.1, 0.15) is 56.1 Å². The van der Waals surface area contributed by atoms with Crippen LogP contribution in [0.3, 0.4) is 0 Å². The Morgan fingerprint density at radius 2 is 2.04 bits per heavy atom. The van der Waals surface area contributed by atoms with Gasteiger partial charge in [0.05, 0.1) is 44.2 Å². The summed E-state index contributed by atoms with van der Waals surface area (Å²) < 4.78 is 73.2. The van der Waals surface area contributed by atoms with Gasteiger partial charge in [0.15, 0.2) is 11.6 Å². The van der Waals surface area contributed by atoms with E-state index in [0.717, 1.165) is 42.8 Å². The van der Waals surface area contributed by atoms with Gasteiger partial charge >= 0.3 is 6.01 Å². The molecular formula is C33H31ClF4N6O3S. The maximum Gasteiger partial charge on any atom is 0.319 e. The molecule has 0 spiro atoms. The molecule has 3 fully saturated rings. The van der Waals surface area contributed by atoms with Crippen molar-refractivity contribution in [3.63, 3.8) is 0 Å². The molecule has 3 N–H and O–H groups in total. The lowest BCUT2D eigenvalue weighted by Gasteiger charge is -2.34. The minimum absolute atomic E-state index is 0.00526. The average molecular weight is 703 g/mol. The Kier molecular flexibility index (Phi) is 7.38. The third-order valence-corrected chi connectivity index (χ3v) is 11.8. The number of fused-ring (bicyclic) bond motifs is 2. The van der Waals surface area contributed by atoms with E-state index < -0.39 is 36.3 Å². The number of hydrogen-bond donors (Lipinski definition) is 2. The van der Waals surface area contributed by atoms with Crippen LogP contribution >= 0.6 is 22.9 Å². The smallest absolute Gasteiger partial charge is 0.319 e. The van der Waals surface area contributed by atoms with Gasteiger partial charge in [-0.15, -0.1) is 11.3 Å². The van der Waals surface area contributed by atoms with Gasteiger partial charge in [-0.25, -0.2) is 17.6 Å². The molecule has 15 heteroatoms. The SMILES string of the molecule is C=C1CN2CCC[C@@]2(COc2nc3c4c(c(Cl)c(C5=c6c(C#N)c(N)sc6=C(F)CC5)c(F)c4n2)OCC(C2(O)CC2)N3CC(F)F)C1. The first kappa shape index (κ1) is 31.6. The van der Waals surface area contributed by atoms with Crippen molar-refractivity contribution in [2.24, 2.45) is 0 Å². The fraction of sp³-hybridized carbons (Fsp3) is 0.485. The number of hydrogen-bond acceptors (Lipinski definition) is 10. The van der Waals surface area contributed by atoms with Crippen LogP contribution in [0.15, 0.2) is 12.2 Å². The first-order valence-corrected chi connectivity index (χ1v) is 17.0. The minimum Gasteiger partial charge on any atom is -0.489 e. The fourth-order valence-electron chi connectivity index (χ4n) is 7.98. The zero-order valence-corrected chi connectivity index (χ0v) is 27.3. The molecule has 48 heavy (non-hydrogen) atoms. The molecule has 0 bridgehead atoms. The largest absolute Gasteiger partial charge is 0.489 e. The van der Waals surface area contributed by atoms with Gasteiger partial charge in [0, 0.05) is 23.7 Å². The van der Waals surface area contributed by atoms with E-state index >= 15 is 8.78 Å². The van der Waals surface area contributed by atoms with Gasteiger partial charge in [-0.05, 0) is 50.6 Å². The van der Waals surface area contributed by atoms with E-state index in [1.165, 1.54) is 4.90 Å². The van der Waals surface area contributed by atoms with Crippen LogP contribution in [0.5, 0.6) is 11.8 Å². The van der Waals surface area contributed by atoms with E-state index in [4.69, 9.17) is 26.8 Å². The Balaban J connectivity index is 1.38. The first-order valence-electron chi connectivity index (χ1n) is 15.8. The lowest BCUT2D eigenvalue weighted by Crippen LogP contribution is -2.50. The van der Waals surface area contributed by atoms with Crippen LogP contribution in [0.25, 0.3) is 22.3 Å². The average Bonchev–Trinajstić information content (AvgIpc) is 3.41. The van der Waals surface area contributed by atoms with Crippen LogP contribution in [-0.2, 0) is 0 Å². The van der Waals surface area contributed by atoms with Crippen molar-refractivity contribution in [3.05, 3.63) is 43.9 Å². The molecule has 3 aliphatic heterocycles. The highest BCUT2D eigenvalue weighted by atomic mass is 35.5. The second-order valence-electron chi connectivity index (χ2n) is 13.4. The van der Waals surface area contributed by atoms with Crippen LogP contribution in [0, 0.1) is 17.1 Å². The number of aromatic nitrogens is 2. The molecular weight excluding hydrogens is 672 g/mol. The summed E-state index contributed by atoms with van der Waals surface area (Å²) in [6.45, 7) is 4.86. The lowest BCUT2D eigenvalue weighted by molar-refractivity contribution is 0.0791. The summed E-state index contributed by atoms with van der Waals surface area (Å²) in [5, 5.41) is 21.2. The summed E-state index contributed by atoms with van der Waals surface area (Å²) in [6, 6.07) is 0.815. The predicted molar refractivity (Wildman–Crippen MR) is 173 cm³/mol. The van der Waals surface area contributed by atoms with Crippen molar-refractivity contribution in [2.45, 2.75) is 68.6 Å². The number of nitrogens with two attached hydrogens (primary N) is 1. The minimum atomic E-state index is -2.84. The number of nitriles is 1. The lowest BCUT2D eigenvalue weighted by atomic mass is 9.92. The Morgan fingerprint density at radius 1 is 1.25 bits per heavy atom. The molecule has 0 amide bonds. The normalized spacial score (nSPS) is 24.5. The molecule has 8 rings (SSSR count). The van der Waals surface area contributed by atoms with Crippen LogP contribution in [0.4, 0.5) is 28.4 Å². The van der Waals surface area contributed by atoms with Crippen molar-refractivity contribution in [1.29, 1.82) is 5.26 Å². The topological polar surface area (TPSA) is 121 Å². The molecule has 2 aliphatic carbocycles. The van der Waals surface area contributed by atoms with Gasteiger partial charge in [-0.2, -0.15) is 15.2 Å². The van der Waals surface area contributed by atoms with Crippen LogP contribution in [-0.4, -0.2) is 76.4 Å².